The third kappa shape index (κ3) is 2.89. The molecular weight excluding hydrogens is 182 g/mol. The first-order valence-electron chi connectivity index (χ1n) is 5.65. The molecule has 0 aliphatic carbocycles. The maximum atomic E-state index is 5.30. The summed E-state index contributed by atoms with van der Waals surface area (Å²) in [5.41, 5.74) is 4.15. The molecule has 1 nitrogen and oxygen atoms in total. The van der Waals surface area contributed by atoms with Crippen LogP contribution in [0.5, 0.6) is 0 Å². The van der Waals surface area contributed by atoms with Gasteiger partial charge in [0.25, 0.3) is 0 Å². The number of aryl methyl sites for hydroxylation is 2. The minimum absolute atomic E-state index is 0.690. The molecule has 0 saturated heterocycles. The van der Waals surface area contributed by atoms with Crippen LogP contribution < -0.4 is 0 Å². The topological polar surface area (TPSA) is 4.93 Å². The van der Waals surface area contributed by atoms with Crippen molar-refractivity contribution in [2.24, 2.45) is 5.92 Å². The lowest BCUT2D eigenvalue weighted by molar-refractivity contribution is 0.508. The predicted molar refractivity (Wildman–Crippen MR) is 65.9 cm³/mol. The number of terminal acetylenes is 1. The molecule has 0 spiro atoms. The van der Waals surface area contributed by atoms with Gasteiger partial charge in [-0.3, -0.25) is 0 Å². The molecule has 0 bridgehead atoms. The van der Waals surface area contributed by atoms with Gasteiger partial charge in [0.1, 0.15) is 0 Å². The largest absolute Gasteiger partial charge is 0.349 e. The second-order valence-electron chi connectivity index (χ2n) is 4.60. The second kappa shape index (κ2) is 5.07. The van der Waals surface area contributed by atoms with E-state index in [-0.39, 0.29) is 0 Å². The van der Waals surface area contributed by atoms with Crippen molar-refractivity contribution in [1.82, 2.24) is 4.57 Å². The molecule has 15 heavy (non-hydrogen) atoms. The fourth-order valence-electron chi connectivity index (χ4n) is 1.98. The Hall–Kier alpha value is -1.16. The van der Waals surface area contributed by atoms with Gasteiger partial charge in [-0.05, 0) is 37.8 Å². The van der Waals surface area contributed by atoms with Crippen molar-refractivity contribution in [3.63, 3.8) is 0 Å². The van der Waals surface area contributed by atoms with Gasteiger partial charge >= 0.3 is 0 Å². The zero-order valence-corrected chi connectivity index (χ0v) is 10.3. The first-order valence-corrected chi connectivity index (χ1v) is 5.65. The highest BCUT2D eigenvalue weighted by molar-refractivity contribution is 5.27. The number of rotatable bonds is 4. The van der Waals surface area contributed by atoms with E-state index in [4.69, 9.17) is 6.42 Å². The van der Waals surface area contributed by atoms with E-state index in [1.165, 1.54) is 17.0 Å². The molecule has 0 N–H and O–H groups in total. The van der Waals surface area contributed by atoms with Crippen LogP contribution in [-0.4, -0.2) is 4.57 Å². The zero-order chi connectivity index (χ0) is 11.4. The Morgan fingerprint density at radius 2 is 2.07 bits per heavy atom. The Kier molecular flexibility index (Phi) is 4.03. The van der Waals surface area contributed by atoms with Gasteiger partial charge in [0.2, 0.25) is 0 Å². The predicted octanol–water partition coefficient (Wildman–Crippen LogP) is 3.33. The fourth-order valence-corrected chi connectivity index (χ4v) is 1.98. The molecule has 1 aromatic rings. The minimum atomic E-state index is 0.690. The molecule has 1 heteroatoms. The summed E-state index contributed by atoms with van der Waals surface area (Å²) in [6.07, 6.45) is 7.14. The summed E-state index contributed by atoms with van der Waals surface area (Å²) in [7, 11) is 0. The average molecular weight is 203 g/mol. The molecule has 1 rings (SSSR count). The van der Waals surface area contributed by atoms with Crippen molar-refractivity contribution >= 4 is 0 Å². The van der Waals surface area contributed by atoms with E-state index in [9.17, 15) is 0 Å². The standard InChI is InChI=1S/C14H21N/c1-6-7-8-14-9-12(4)15(13(14)5)10-11(2)3/h1,9,11H,7-8,10H2,2-5H3. The first kappa shape index (κ1) is 11.9. The molecule has 0 radical (unpaired) electrons. The Labute approximate surface area is 93.5 Å². The van der Waals surface area contributed by atoms with Crippen LogP contribution in [0.4, 0.5) is 0 Å². The SMILES string of the molecule is C#CCCc1cc(C)n(CC(C)C)c1C. The normalized spacial score (nSPS) is 10.7. The second-order valence-corrected chi connectivity index (χ2v) is 4.60. The van der Waals surface area contributed by atoms with Gasteiger partial charge in [0, 0.05) is 24.4 Å². The van der Waals surface area contributed by atoms with Crippen molar-refractivity contribution in [2.75, 3.05) is 0 Å². The summed E-state index contributed by atoms with van der Waals surface area (Å²) in [6, 6.07) is 2.27. The van der Waals surface area contributed by atoms with Crippen LogP contribution in [0.25, 0.3) is 0 Å². The average Bonchev–Trinajstić information content (AvgIpc) is 2.42. The van der Waals surface area contributed by atoms with Crippen molar-refractivity contribution in [2.45, 2.75) is 47.1 Å². The van der Waals surface area contributed by atoms with Gasteiger partial charge < -0.3 is 4.57 Å². The van der Waals surface area contributed by atoms with Gasteiger partial charge in [0.05, 0.1) is 0 Å². The van der Waals surface area contributed by atoms with Crippen LogP contribution in [0.3, 0.4) is 0 Å². The Balaban J connectivity index is 2.89. The highest BCUT2D eigenvalue weighted by atomic mass is 15.0. The molecule has 0 aliphatic rings. The minimum Gasteiger partial charge on any atom is -0.349 e. The van der Waals surface area contributed by atoms with Crippen LogP contribution in [0.15, 0.2) is 6.07 Å². The van der Waals surface area contributed by atoms with Gasteiger partial charge in [-0.1, -0.05) is 13.8 Å². The number of hydrogen-bond donors (Lipinski definition) is 0. The summed E-state index contributed by atoms with van der Waals surface area (Å²) in [5.74, 6) is 3.39. The van der Waals surface area contributed by atoms with Crippen LogP contribution in [-0.2, 0) is 13.0 Å². The van der Waals surface area contributed by atoms with Crippen molar-refractivity contribution in [1.29, 1.82) is 0 Å². The molecule has 82 valence electrons. The molecule has 0 saturated carbocycles. The Bertz CT molecular complexity index is 363. The van der Waals surface area contributed by atoms with Crippen molar-refractivity contribution in [3.8, 4) is 12.3 Å². The van der Waals surface area contributed by atoms with E-state index >= 15 is 0 Å². The molecule has 0 aromatic carbocycles. The monoisotopic (exact) mass is 203 g/mol. The lowest BCUT2D eigenvalue weighted by Crippen LogP contribution is -2.07. The summed E-state index contributed by atoms with van der Waals surface area (Å²) in [4.78, 5) is 0. The molecule has 0 fully saturated rings. The van der Waals surface area contributed by atoms with E-state index in [1.807, 2.05) is 0 Å². The molecule has 1 heterocycles. The van der Waals surface area contributed by atoms with Gasteiger partial charge in [-0.15, -0.1) is 12.3 Å². The smallest absolute Gasteiger partial charge is 0.0247 e. The summed E-state index contributed by atoms with van der Waals surface area (Å²) >= 11 is 0. The maximum Gasteiger partial charge on any atom is 0.0247 e. The lowest BCUT2D eigenvalue weighted by Gasteiger charge is -2.12. The van der Waals surface area contributed by atoms with Crippen LogP contribution in [0.1, 0.15) is 37.2 Å². The van der Waals surface area contributed by atoms with Gasteiger partial charge in [-0.2, -0.15) is 0 Å². The van der Waals surface area contributed by atoms with Gasteiger partial charge in [0.15, 0.2) is 0 Å². The molecule has 0 amide bonds. The zero-order valence-electron chi connectivity index (χ0n) is 10.3. The van der Waals surface area contributed by atoms with Gasteiger partial charge in [-0.25, -0.2) is 0 Å². The highest BCUT2D eigenvalue weighted by Crippen LogP contribution is 2.18. The van der Waals surface area contributed by atoms with Crippen molar-refractivity contribution < 1.29 is 0 Å². The number of hydrogen-bond acceptors (Lipinski definition) is 0. The molecule has 0 aliphatic heterocycles. The van der Waals surface area contributed by atoms with Crippen LogP contribution in [0.2, 0.25) is 0 Å². The number of aromatic nitrogens is 1. The van der Waals surface area contributed by atoms with E-state index in [0.717, 1.165) is 19.4 Å². The van der Waals surface area contributed by atoms with E-state index in [0.29, 0.717) is 5.92 Å². The first-order chi connectivity index (χ1) is 7.06. The van der Waals surface area contributed by atoms with E-state index in [2.05, 4.69) is 44.2 Å². The van der Waals surface area contributed by atoms with Crippen molar-refractivity contribution in [3.05, 3.63) is 23.0 Å². The highest BCUT2D eigenvalue weighted by Gasteiger charge is 2.09. The van der Waals surface area contributed by atoms with Crippen LogP contribution in [0, 0.1) is 32.1 Å². The number of nitrogens with zero attached hydrogens (tertiary/aromatic N) is 1. The molecule has 0 unspecified atom stereocenters. The van der Waals surface area contributed by atoms with Crippen LogP contribution >= 0.6 is 0 Å². The summed E-state index contributed by atoms with van der Waals surface area (Å²) < 4.78 is 2.40. The van der Waals surface area contributed by atoms with E-state index < -0.39 is 0 Å². The molecular formula is C14H21N. The summed E-state index contributed by atoms with van der Waals surface area (Å²) in [6.45, 7) is 9.98. The third-order valence-corrected chi connectivity index (χ3v) is 2.76. The third-order valence-electron chi connectivity index (χ3n) is 2.76. The maximum absolute atomic E-state index is 5.30. The Morgan fingerprint density at radius 3 is 2.60 bits per heavy atom. The Morgan fingerprint density at radius 1 is 1.40 bits per heavy atom. The lowest BCUT2D eigenvalue weighted by atomic mass is 10.1. The molecule has 0 atom stereocenters. The van der Waals surface area contributed by atoms with E-state index in [1.54, 1.807) is 0 Å². The quantitative estimate of drug-likeness (QED) is 0.661. The fraction of sp³-hybridized carbons (Fsp3) is 0.571. The molecule has 1 aromatic heterocycles. The summed E-state index contributed by atoms with van der Waals surface area (Å²) in [5, 5.41) is 0.